The van der Waals surface area contributed by atoms with Crippen LogP contribution in [0.2, 0.25) is 0 Å². The summed E-state index contributed by atoms with van der Waals surface area (Å²) in [6.07, 6.45) is 9.01. The molecule has 1 aliphatic rings. The average molecular weight is 252 g/mol. The van der Waals surface area contributed by atoms with Crippen molar-refractivity contribution in [1.82, 2.24) is 5.32 Å². The smallest absolute Gasteiger partial charge is 0.109 e. The zero-order chi connectivity index (χ0) is 13.3. The Balaban J connectivity index is 2.36. The van der Waals surface area contributed by atoms with Crippen LogP contribution in [0.15, 0.2) is 0 Å². The van der Waals surface area contributed by atoms with Crippen molar-refractivity contribution < 1.29 is 4.74 Å². The maximum absolute atomic E-state index is 9.43. The Morgan fingerprint density at radius 2 is 2.17 bits per heavy atom. The molecule has 1 aliphatic carbocycles. The number of nitrogens with zero attached hydrogens (tertiary/aromatic N) is 1. The fourth-order valence-corrected chi connectivity index (χ4v) is 2.63. The van der Waals surface area contributed by atoms with Gasteiger partial charge in [0.05, 0.1) is 12.2 Å². The second kappa shape index (κ2) is 8.50. The van der Waals surface area contributed by atoms with Crippen molar-refractivity contribution in [2.75, 3.05) is 13.2 Å². The molecule has 0 aliphatic heterocycles. The van der Waals surface area contributed by atoms with Gasteiger partial charge in [-0.15, -0.1) is 0 Å². The minimum atomic E-state index is -0.330. The molecule has 2 atom stereocenters. The predicted octanol–water partition coefficient (Wildman–Crippen LogP) is 3.40. The van der Waals surface area contributed by atoms with E-state index in [0.717, 1.165) is 51.7 Å². The predicted molar refractivity (Wildman–Crippen MR) is 74.4 cm³/mol. The Morgan fingerprint density at radius 1 is 1.33 bits per heavy atom. The van der Waals surface area contributed by atoms with E-state index in [9.17, 15) is 5.26 Å². The third kappa shape index (κ3) is 4.96. The van der Waals surface area contributed by atoms with Crippen LogP contribution in [0.3, 0.4) is 0 Å². The molecule has 18 heavy (non-hydrogen) atoms. The molecule has 0 aromatic rings. The standard InChI is InChI=1S/C15H28N2O/c1-3-5-6-11-18-14-8-7-9-15(12-14,13-16)17-10-4-2/h14,17H,3-12H2,1-2H3. The molecule has 104 valence electrons. The number of unbranched alkanes of at least 4 members (excludes halogenated alkanes) is 2. The van der Waals surface area contributed by atoms with Gasteiger partial charge in [0.2, 0.25) is 0 Å². The van der Waals surface area contributed by atoms with Gasteiger partial charge in [-0.3, -0.25) is 5.32 Å². The van der Waals surface area contributed by atoms with Crippen molar-refractivity contribution >= 4 is 0 Å². The number of nitriles is 1. The van der Waals surface area contributed by atoms with Gasteiger partial charge in [-0.2, -0.15) is 5.26 Å². The van der Waals surface area contributed by atoms with Gasteiger partial charge in [0.25, 0.3) is 0 Å². The molecule has 1 fully saturated rings. The molecule has 1 saturated carbocycles. The van der Waals surface area contributed by atoms with Crippen LogP contribution in [0, 0.1) is 11.3 Å². The van der Waals surface area contributed by atoms with Crippen LogP contribution in [-0.4, -0.2) is 24.8 Å². The average Bonchev–Trinajstić information content (AvgIpc) is 2.42. The molecule has 0 heterocycles. The molecule has 0 aromatic carbocycles. The molecule has 3 heteroatoms. The van der Waals surface area contributed by atoms with E-state index >= 15 is 0 Å². The maximum atomic E-state index is 9.43. The first-order valence-corrected chi connectivity index (χ1v) is 7.54. The van der Waals surface area contributed by atoms with Gasteiger partial charge < -0.3 is 4.74 Å². The molecule has 0 saturated heterocycles. The van der Waals surface area contributed by atoms with E-state index in [2.05, 4.69) is 25.2 Å². The Bertz CT molecular complexity index is 262. The number of rotatable bonds is 8. The summed E-state index contributed by atoms with van der Waals surface area (Å²) >= 11 is 0. The number of nitrogens with one attached hydrogen (secondary N) is 1. The molecule has 0 aromatic heterocycles. The molecule has 0 spiro atoms. The molecule has 1 N–H and O–H groups in total. The SMILES string of the molecule is CCCCCOC1CCCC(C#N)(NCCC)C1. The molecule has 0 radical (unpaired) electrons. The van der Waals surface area contributed by atoms with Gasteiger partial charge in [-0.1, -0.05) is 26.7 Å². The van der Waals surface area contributed by atoms with Crippen molar-refractivity contribution in [3.05, 3.63) is 0 Å². The fourth-order valence-electron chi connectivity index (χ4n) is 2.63. The minimum absolute atomic E-state index is 0.277. The van der Waals surface area contributed by atoms with Crippen molar-refractivity contribution in [3.63, 3.8) is 0 Å². The summed E-state index contributed by atoms with van der Waals surface area (Å²) in [5.74, 6) is 0. The van der Waals surface area contributed by atoms with Crippen LogP contribution >= 0.6 is 0 Å². The Morgan fingerprint density at radius 3 is 2.83 bits per heavy atom. The highest BCUT2D eigenvalue weighted by Gasteiger charge is 2.36. The van der Waals surface area contributed by atoms with E-state index in [1.165, 1.54) is 12.8 Å². The van der Waals surface area contributed by atoms with Crippen LogP contribution < -0.4 is 5.32 Å². The van der Waals surface area contributed by atoms with E-state index < -0.39 is 0 Å². The molecule has 1 rings (SSSR count). The lowest BCUT2D eigenvalue weighted by Gasteiger charge is -2.36. The van der Waals surface area contributed by atoms with Crippen LogP contribution in [0.25, 0.3) is 0 Å². The molecule has 2 unspecified atom stereocenters. The summed E-state index contributed by atoms with van der Waals surface area (Å²) in [7, 11) is 0. The Kier molecular flexibility index (Phi) is 7.31. The van der Waals surface area contributed by atoms with Crippen molar-refractivity contribution in [3.8, 4) is 6.07 Å². The summed E-state index contributed by atoms with van der Waals surface area (Å²) in [6.45, 7) is 6.12. The van der Waals surface area contributed by atoms with Gasteiger partial charge in [0.15, 0.2) is 0 Å². The number of hydrogen-bond acceptors (Lipinski definition) is 3. The highest BCUT2D eigenvalue weighted by atomic mass is 16.5. The van der Waals surface area contributed by atoms with Gasteiger partial charge in [-0.25, -0.2) is 0 Å². The summed E-state index contributed by atoms with van der Waals surface area (Å²) in [4.78, 5) is 0. The molecular formula is C15H28N2O. The molecule has 3 nitrogen and oxygen atoms in total. The van der Waals surface area contributed by atoms with E-state index in [0.29, 0.717) is 0 Å². The summed E-state index contributed by atoms with van der Waals surface area (Å²) in [5, 5.41) is 12.9. The van der Waals surface area contributed by atoms with Crippen LogP contribution in [0.1, 0.15) is 65.2 Å². The number of hydrogen-bond donors (Lipinski definition) is 1. The summed E-state index contributed by atoms with van der Waals surface area (Å²) in [6, 6.07) is 2.49. The molecule has 0 bridgehead atoms. The van der Waals surface area contributed by atoms with Crippen LogP contribution in [0.5, 0.6) is 0 Å². The first-order valence-electron chi connectivity index (χ1n) is 7.54. The Labute approximate surface area is 112 Å². The largest absolute Gasteiger partial charge is 0.378 e. The first-order chi connectivity index (χ1) is 8.76. The lowest BCUT2D eigenvalue weighted by molar-refractivity contribution is 0.00749. The minimum Gasteiger partial charge on any atom is -0.378 e. The van der Waals surface area contributed by atoms with Crippen LogP contribution in [0.4, 0.5) is 0 Å². The van der Waals surface area contributed by atoms with E-state index in [-0.39, 0.29) is 11.6 Å². The monoisotopic (exact) mass is 252 g/mol. The van der Waals surface area contributed by atoms with Crippen molar-refractivity contribution in [2.24, 2.45) is 0 Å². The Hall–Kier alpha value is -0.590. The van der Waals surface area contributed by atoms with E-state index in [1.807, 2.05) is 0 Å². The summed E-state index contributed by atoms with van der Waals surface area (Å²) < 4.78 is 5.93. The maximum Gasteiger partial charge on any atom is 0.109 e. The van der Waals surface area contributed by atoms with E-state index in [4.69, 9.17) is 4.74 Å². The normalized spacial score (nSPS) is 27.9. The van der Waals surface area contributed by atoms with E-state index in [1.54, 1.807) is 0 Å². The van der Waals surface area contributed by atoms with Gasteiger partial charge in [0, 0.05) is 13.0 Å². The quantitative estimate of drug-likeness (QED) is 0.673. The topological polar surface area (TPSA) is 45.0 Å². The first kappa shape index (κ1) is 15.5. The van der Waals surface area contributed by atoms with Crippen LogP contribution in [-0.2, 0) is 4.74 Å². The fraction of sp³-hybridized carbons (Fsp3) is 0.933. The zero-order valence-electron chi connectivity index (χ0n) is 12.0. The second-order valence-electron chi connectivity index (χ2n) is 5.42. The lowest BCUT2D eigenvalue weighted by atomic mass is 9.81. The third-order valence-corrected chi connectivity index (χ3v) is 3.73. The third-order valence-electron chi connectivity index (χ3n) is 3.73. The number of ether oxygens (including phenoxy) is 1. The van der Waals surface area contributed by atoms with Crippen molar-refractivity contribution in [2.45, 2.75) is 76.9 Å². The van der Waals surface area contributed by atoms with Gasteiger partial charge in [-0.05, 0) is 38.6 Å². The van der Waals surface area contributed by atoms with Gasteiger partial charge >= 0.3 is 0 Å². The summed E-state index contributed by atoms with van der Waals surface area (Å²) in [5.41, 5.74) is -0.330. The zero-order valence-corrected chi connectivity index (χ0v) is 12.0. The highest BCUT2D eigenvalue weighted by molar-refractivity contribution is 5.10. The van der Waals surface area contributed by atoms with Crippen molar-refractivity contribution in [1.29, 1.82) is 5.26 Å². The van der Waals surface area contributed by atoms with Gasteiger partial charge in [0.1, 0.15) is 5.54 Å². The lowest BCUT2D eigenvalue weighted by Crippen LogP contribution is -2.49. The second-order valence-corrected chi connectivity index (χ2v) is 5.42. The molecule has 0 amide bonds. The highest BCUT2D eigenvalue weighted by Crippen LogP contribution is 2.30. The molecular weight excluding hydrogens is 224 g/mol.